The molecule has 0 saturated heterocycles. The summed E-state index contributed by atoms with van der Waals surface area (Å²) in [6.07, 6.45) is 3.04. The smallest absolute Gasteiger partial charge is 0.319 e. The highest BCUT2D eigenvalue weighted by molar-refractivity contribution is 7.17. The van der Waals surface area contributed by atoms with Gasteiger partial charge < -0.3 is 15.7 Å². The molecule has 3 N–H and O–H groups in total. The molecular formula is C17H25N3O4S. The van der Waals surface area contributed by atoms with Crippen molar-refractivity contribution in [3.63, 3.8) is 0 Å². The molecule has 8 heteroatoms. The van der Waals surface area contributed by atoms with Crippen LogP contribution in [-0.4, -0.2) is 33.4 Å². The molecule has 0 unspecified atom stereocenters. The fraction of sp³-hybridized carbons (Fsp3) is 0.647. The number of aryl methyl sites for hydroxylation is 1. The normalized spacial score (nSPS) is 17.0. The van der Waals surface area contributed by atoms with Gasteiger partial charge in [0.15, 0.2) is 5.13 Å². The molecule has 0 aromatic carbocycles. The summed E-state index contributed by atoms with van der Waals surface area (Å²) in [5.74, 6) is -1.89. The average molecular weight is 367 g/mol. The topological polar surface area (TPSA) is 108 Å². The van der Waals surface area contributed by atoms with Crippen LogP contribution >= 0.6 is 11.3 Å². The van der Waals surface area contributed by atoms with Crippen molar-refractivity contribution < 1.29 is 19.5 Å². The molecule has 0 atom stereocenters. The molecule has 0 aliphatic heterocycles. The predicted molar refractivity (Wildman–Crippen MR) is 95.9 cm³/mol. The molecule has 138 valence electrons. The first-order valence-electron chi connectivity index (χ1n) is 8.40. The summed E-state index contributed by atoms with van der Waals surface area (Å²) in [6, 6.07) is 0. The van der Waals surface area contributed by atoms with Gasteiger partial charge in [-0.1, -0.05) is 30.6 Å². The third kappa shape index (κ3) is 4.36. The number of rotatable bonds is 4. The highest BCUT2D eigenvalue weighted by atomic mass is 32.1. The maximum absolute atomic E-state index is 12.6. The standard InChI is InChI=1S/C17H25N3O4S/c1-10-11(12(21)20-16(2,3)4)25-15(18-10)19-13(22)17(14(23)24)8-6-5-7-9-17/h5-9H2,1-4H3,(H,20,21)(H,23,24)(H,18,19,22). The number of nitrogens with zero attached hydrogens (tertiary/aromatic N) is 1. The number of carboxylic acids is 1. The van der Waals surface area contributed by atoms with Crippen LogP contribution in [0.2, 0.25) is 0 Å². The third-order valence-electron chi connectivity index (χ3n) is 4.26. The highest BCUT2D eigenvalue weighted by Gasteiger charge is 2.47. The molecule has 1 heterocycles. The van der Waals surface area contributed by atoms with Gasteiger partial charge in [0.05, 0.1) is 5.69 Å². The lowest BCUT2D eigenvalue weighted by Crippen LogP contribution is -2.44. The summed E-state index contributed by atoms with van der Waals surface area (Å²) >= 11 is 1.06. The van der Waals surface area contributed by atoms with Crippen LogP contribution in [0.1, 0.15) is 68.2 Å². The Kier molecular flexibility index (Phi) is 5.51. The zero-order chi connectivity index (χ0) is 18.8. The second-order valence-electron chi connectivity index (χ2n) is 7.54. The molecule has 1 fully saturated rings. The average Bonchev–Trinajstić information content (AvgIpc) is 2.86. The summed E-state index contributed by atoms with van der Waals surface area (Å²) in [6.45, 7) is 7.33. The van der Waals surface area contributed by atoms with Crippen molar-refractivity contribution in [1.82, 2.24) is 10.3 Å². The Morgan fingerprint density at radius 2 is 1.76 bits per heavy atom. The number of thiazole rings is 1. The van der Waals surface area contributed by atoms with Gasteiger partial charge in [0.1, 0.15) is 10.3 Å². The van der Waals surface area contributed by atoms with Gasteiger partial charge in [-0.15, -0.1) is 0 Å². The van der Waals surface area contributed by atoms with E-state index in [-0.39, 0.29) is 16.6 Å². The van der Waals surface area contributed by atoms with Gasteiger partial charge in [-0.05, 0) is 40.5 Å². The van der Waals surface area contributed by atoms with Crippen molar-refractivity contribution in [3.8, 4) is 0 Å². The van der Waals surface area contributed by atoms with Gasteiger partial charge in [0.2, 0.25) is 5.91 Å². The number of carbonyl (C=O) groups is 3. The Balaban J connectivity index is 2.18. The minimum absolute atomic E-state index is 0.256. The van der Waals surface area contributed by atoms with Gasteiger partial charge in [0.25, 0.3) is 5.91 Å². The van der Waals surface area contributed by atoms with E-state index in [1.54, 1.807) is 6.92 Å². The number of hydrogen-bond donors (Lipinski definition) is 3. The zero-order valence-corrected chi connectivity index (χ0v) is 15.9. The molecule has 1 aromatic heterocycles. The maximum atomic E-state index is 12.6. The van der Waals surface area contributed by atoms with Gasteiger partial charge >= 0.3 is 5.97 Å². The third-order valence-corrected chi connectivity index (χ3v) is 5.33. The van der Waals surface area contributed by atoms with Crippen LogP contribution in [0.3, 0.4) is 0 Å². The first-order chi connectivity index (χ1) is 11.5. The molecule has 7 nitrogen and oxygen atoms in total. The first kappa shape index (κ1) is 19.4. The second kappa shape index (κ2) is 7.11. The van der Waals surface area contributed by atoms with Crippen LogP contribution in [0.15, 0.2) is 0 Å². The summed E-state index contributed by atoms with van der Waals surface area (Å²) in [7, 11) is 0. The van der Waals surface area contributed by atoms with E-state index in [9.17, 15) is 19.5 Å². The Morgan fingerprint density at radius 3 is 2.28 bits per heavy atom. The van der Waals surface area contributed by atoms with Crippen LogP contribution < -0.4 is 10.6 Å². The molecule has 1 saturated carbocycles. The lowest BCUT2D eigenvalue weighted by Gasteiger charge is -2.31. The lowest BCUT2D eigenvalue weighted by molar-refractivity contribution is -0.156. The van der Waals surface area contributed by atoms with Gasteiger partial charge in [0, 0.05) is 5.54 Å². The number of aromatic nitrogens is 1. The Morgan fingerprint density at radius 1 is 1.16 bits per heavy atom. The van der Waals surface area contributed by atoms with E-state index < -0.39 is 17.3 Å². The molecule has 2 amide bonds. The summed E-state index contributed by atoms with van der Waals surface area (Å²) < 4.78 is 0. The van der Waals surface area contributed by atoms with E-state index in [1.807, 2.05) is 20.8 Å². The lowest BCUT2D eigenvalue weighted by atomic mass is 9.73. The number of carbonyl (C=O) groups excluding carboxylic acids is 2. The SMILES string of the molecule is Cc1nc(NC(=O)C2(C(=O)O)CCCCC2)sc1C(=O)NC(C)(C)C. The van der Waals surface area contributed by atoms with E-state index in [1.165, 1.54) is 0 Å². The minimum atomic E-state index is -1.40. The molecule has 0 bridgehead atoms. The van der Waals surface area contributed by atoms with Gasteiger partial charge in [-0.25, -0.2) is 4.98 Å². The predicted octanol–water partition coefficient (Wildman–Crippen LogP) is 2.95. The number of aliphatic carboxylic acids is 1. The molecule has 25 heavy (non-hydrogen) atoms. The zero-order valence-electron chi connectivity index (χ0n) is 15.1. The molecule has 1 aliphatic carbocycles. The molecule has 2 rings (SSSR count). The van der Waals surface area contributed by atoms with Crippen molar-refractivity contribution in [2.24, 2.45) is 5.41 Å². The van der Waals surface area contributed by atoms with Crippen LogP contribution in [-0.2, 0) is 9.59 Å². The molecular weight excluding hydrogens is 342 g/mol. The summed E-state index contributed by atoms with van der Waals surface area (Å²) in [4.78, 5) is 41.3. The number of amides is 2. The minimum Gasteiger partial charge on any atom is -0.480 e. The van der Waals surface area contributed by atoms with E-state index in [0.717, 1.165) is 30.6 Å². The highest BCUT2D eigenvalue weighted by Crippen LogP contribution is 2.38. The number of carboxylic acid groups (broad SMARTS) is 1. The number of hydrogen-bond acceptors (Lipinski definition) is 5. The monoisotopic (exact) mass is 367 g/mol. The molecule has 0 spiro atoms. The maximum Gasteiger partial charge on any atom is 0.319 e. The van der Waals surface area contributed by atoms with Gasteiger partial charge in [-0.2, -0.15) is 0 Å². The van der Waals surface area contributed by atoms with Crippen LogP contribution in [0.25, 0.3) is 0 Å². The van der Waals surface area contributed by atoms with Crippen LogP contribution in [0.5, 0.6) is 0 Å². The number of anilines is 1. The van der Waals surface area contributed by atoms with Crippen molar-refractivity contribution in [3.05, 3.63) is 10.6 Å². The fourth-order valence-electron chi connectivity index (χ4n) is 2.97. The quantitative estimate of drug-likeness (QED) is 0.709. The van der Waals surface area contributed by atoms with Crippen LogP contribution in [0, 0.1) is 12.3 Å². The number of nitrogens with one attached hydrogen (secondary N) is 2. The fourth-order valence-corrected chi connectivity index (χ4v) is 3.82. The van der Waals surface area contributed by atoms with Crippen molar-refractivity contribution in [2.75, 3.05) is 5.32 Å². The van der Waals surface area contributed by atoms with Crippen LogP contribution in [0.4, 0.5) is 5.13 Å². The Hall–Kier alpha value is -1.96. The summed E-state index contributed by atoms with van der Waals surface area (Å²) in [5.41, 5.74) is -1.27. The largest absolute Gasteiger partial charge is 0.480 e. The molecule has 1 aromatic rings. The molecule has 1 aliphatic rings. The van der Waals surface area contributed by atoms with Crippen molar-refractivity contribution >= 4 is 34.3 Å². The van der Waals surface area contributed by atoms with Gasteiger partial charge in [-0.3, -0.25) is 14.4 Å². The summed E-state index contributed by atoms with van der Waals surface area (Å²) in [5, 5.41) is 15.3. The van der Waals surface area contributed by atoms with E-state index >= 15 is 0 Å². The first-order valence-corrected chi connectivity index (χ1v) is 9.22. The van der Waals surface area contributed by atoms with Crippen molar-refractivity contribution in [1.29, 1.82) is 0 Å². The molecule has 0 radical (unpaired) electrons. The van der Waals surface area contributed by atoms with E-state index in [2.05, 4.69) is 15.6 Å². The Labute approximate surface area is 151 Å². The van der Waals surface area contributed by atoms with E-state index in [0.29, 0.717) is 23.4 Å². The Bertz CT molecular complexity index is 685. The second-order valence-corrected chi connectivity index (χ2v) is 8.54. The van der Waals surface area contributed by atoms with Crippen molar-refractivity contribution in [2.45, 2.75) is 65.3 Å². The van der Waals surface area contributed by atoms with E-state index in [4.69, 9.17) is 0 Å².